The second kappa shape index (κ2) is 7.13. The predicted octanol–water partition coefficient (Wildman–Crippen LogP) is 2.75. The lowest BCUT2D eigenvalue weighted by Gasteiger charge is -2.15. The van der Waals surface area contributed by atoms with Gasteiger partial charge in [0.05, 0.1) is 18.2 Å². The van der Waals surface area contributed by atoms with Crippen LogP contribution in [0.3, 0.4) is 0 Å². The quantitative estimate of drug-likeness (QED) is 0.717. The average molecular weight is 335 g/mol. The van der Waals surface area contributed by atoms with Crippen LogP contribution >= 0.6 is 11.6 Å². The number of ether oxygens (including phenoxy) is 2. The summed E-state index contributed by atoms with van der Waals surface area (Å²) in [5, 5.41) is -1.02. The van der Waals surface area contributed by atoms with Gasteiger partial charge in [0.15, 0.2) is 27.1 Å². The zero-order chi connectivity index (χ0) is 16.2. The fourth-order valence-corrected chi connectivity index (χ4v) is 2.44. The molecule has 7 heteroatoms. The molecule has 0 aliphatic rings. The highest BCUT2D eigenvalue weighted by Crippen LogP contribution is 2.34. The van der Waals surface area contributed by atoms with Gasteiger partial charge in [-0.3, -0.25) is 4.79 Å². The van der Waals surface area contributed by atoms with Gasteiger partial charge in [0.1, 0.15) is 5.25 Å². The van der Waals surface area contributed by atoms with E-state index in [-0.39, 0.29) is 10.6 Å². The topological polar surface area (TPSA) is 69.7 Å². The third kappa shape index (κ3) is 4.35. The first-order valence-corrected chi connectivity index (χ1v) is 8.87. The van der Waals surface area contributed by atoms with Gasteiger partial charge in [-0.05, 0) is 26.8 Å². The van der Waals surface area contributed by atoms with Gasteiger partial charge >= 0.3 is 0 Å². The Morgan fingerprint density at radius 2 is 1.67 bits per heavy atom. The van der Waals surface area contributed by atoms with E-state index in [1.165, 1.54) is 19.1 Å². The minimum absolute atomic E-state index is 0.112. The summed E-state index contributed by atoms with van der Waals surface area (Å²) in [6, 6.07) is 2.90. The summed E-state index contributed by atoms with van der Waals surface area (Å²) in [4.78, 5) is 12.3. The molecule has 0 fully saturated rings. The maximum absolute atomic E-state index is 12.3. The average Bonchev–Trinajstić information content (AvgIpc) is 2.39. The number of sulfone groups is 1. The summed E-state index contributed by atoms with van der Waals surface area (Å²) < 4.78 is 33.8. The second-order valence-electron chi connectivity index (χ2n) is 4.48. The molecule has 5 nitrogen and oxygen atoms in total. The van der Waals surface area contributed by atoms with Crippen LogP contribution in [0.5, 0.6) is 11.5 Å². The molecule has 0 aliphatic carbocycles. The van der Waals surface area contributed by atoms with Gasteiger partial charge in [-0.15, -0.1) is 0 Å². The van der Waals surface area contributed by atoms with Crippen LogP contribution in [0.25, 0.3) is 0 Å². The molecule has 118 valence electrons. The van der Waals surface area contributed by atoms with E-state index in [0.717, 1.165) is 6.26 Å². The molecule has 0 saturated heterocycles. The number of hydrogen-bond donors (Lipinski definition) is 0. The summed E-state index contributed by atoms with van der Waals surface area (Å²) in [6.07, 6.45) is 1.02. The summed E-state index contributed by atoms with van der Waals surface area (Å²) >= 11 is 6.08. The van der Waals surface area contributed by atoms with Gasteiger partial charge in [-0.25, -0.2) is 8.42 Å². The molecule has 0 aromatic heterocycles. The lowest BCUT2D eigenvalue weighted by atomic mass is 10.1. The molecule has 0 amide bonds. The van der Waals surface area contributed by atoms with Crippen molar-refractivity contribution >= 4 is 27.2 Å². The van der Waals surface area contributed by atoms with Crippen molar-refractivity contribution < 1.29 is 22.7 Å². The molecular weight excluding hydrogens is 316 g/mol. The highest BCUT2D eigenvalue weighted by atomic mass is 35.5. The van der Waals surface area contributed by atoms with Gasteiger partial charge < -0.3 is 9.47 Å². The zero-order valence-corrected chi connectivity index (χ0v) is 14.0. The monoisotopic (exact) mass is 334 g/mol. The van der Waals surface area contributed by atoms with Gasteiger partial charge in [-0.1, -0.05) is 11.6 Å². The van der Waals surface area contributed by atoms with Gasteiger partial charge in [0.2, 0.25) is 0 Å². The van der Waals surface area contributed by atoms with Crippen LogP contribution in [0.2, 0.25) is 5.02 Å². The van der Waals surface area contributed by atoms with E-state index in [0.29, 0.717) is 24.7 Å². The van der Waals surface area contributed by atoms with Gasteiger partial charge in [0.25, 0.3) is 0 Å². The number of rotatable bonds is 7. The van der Waals surface area contributed by atoms with Crippen molar-refractivity contribution in [3.8, 4) is 11.5 Å². The smallest absolute Gasteiger partial charge is 0.182 e. The number of ketones is 1. The molecule has 0 saturated carbocycles. The predicted molar refractivity (Wildman–Crippen MR) is 82.4 cm³/mol. The lowest BCUT2D eigenvalue weighted by molar-refractivity contribution is 0.0991. The SMILES string of the molecule is CCOc1cc(Cl)c(C(=O)C(C)S(C)(=O)=O)cc1OCC. The Kier molecular flexibility index (Phi) is 6.04. The number of carbonyl (C=O) groups is 1. The molecule has 21 heavy (non-hydrogen) atoms. The minimum Gasteiger partial charge on any atom is -0.490 e. The molecule has 1 aromatic rings. The molecule has 1 rings (SSSR count). The molecule has 0 spiro atoms. The Bertz CT molecular complexity index is 624. The van der Waals surface area contributed by atoms with Gasteiger partial charge in [-0.2, -0.15) is 0 Å². The first-order chi connectivity index (χ1) is 9.72. The lowest BCUT2D eigenvalue weighted by Crippen LogP contribution is -2.26. The highest BCUT2D eigenvalue weighted by Gasteiger charge is 2.27. The Morgan fingerprint density at radius 3 is 2.10 bits per heavy atom. The summed E-state index contributed by atoms with van der Waals surface area (Å²) in [5.41, 5.74) is 0.112. The molecule has 0 aliphatic heterocycles. The van der Waals surface area contributed by atoms with E-state index in [2.05, 4.69) is 0 Å². The summed E-state index contributed by atoms with van der Waals surface area (Å²) in [5.74, 6) is 0.229. The maximum atomic E-state index is 12.3. The zero-order valence-electron chi connectivity index (χ0n) is 12.5. The molecular formula is C14H19ClO5S. The van der Waals surface area contributed by atoms with Crippen LogP contribution in [0, 0.1) is 0 Å². The molecule has 0 N–H and O–H groups in total. The van der Waals surface area contributed by atoms with Crippen LogP contribution in [-0.4, -0.2) is 38.9 Å². The Balaban J connectivity index is 3.31. The molecule has 1 unspecified atom stereocenters. The van der Waals surface area contributed by atoms with Crippen molar-refractivity contribution in [2.75, 3.05) is 19.5 Å². The maximum Gasteiger partial charge on any atom is 0.182 e. The van der Waals surface area contributed by atoms with Crippen molar-refractivity contribution in [1.82, 2.24) is 0 Å². The fourth-order valence-electron chi connectivity index (χ4n) is 1.67. The van der Waals surface area contributed by atoms with Crippen molar-refractivity contribution in [3.05, 3.63) is 22.7 Å². The Morgan fingerprint density at radius 1 is 1.19 bits per heavy atom. The minimum atomic E-state index is -3.49. The van der Waals surface area contributed by atoms with Crippen LogP contribution < -0.4 is 9.47 Å². The number of hydrogen-bond acceptors (Lipinski definition) is 5. The first kappa shape index (κ1) is 17.8. The van der Waals surface area contributed by atoms with Crippen LogP contribution in [0.4, 0.5) is 0 Å². The molecule has 1 aromatic carbocycles. The van der Waals surface area contributed by atoms with Crippen molar-refractivity contribution in [1.29, 1.82) is 0 Å². The first-order valence-electron chi connectivity index (χ1n) is 6.54. The van der Waals surface area contributed by atoms with E-state index < -0.39 is 20.9 Å². The van der Waals surface area contributed by atoms with E-state index in [1.54, 1.807) is 6.92 Å². The van der Waals surface area contributed by atoms with Crippen molar-refractivity contribution in [3.63, 3.8) is 0 Å². The van der Waals surface area contributed by atoms with Crippen molar-refractivity contribution in [2.24, 2.45) is 0 Å². The highest BCUT2D eigenvalue weighted by molar-refractivity contribution is 7.92. The normalized spacial score (nSPS) is 12.8. The molecule has 0 radical (unpaired) electrons. The van der Waals surface area contributed by atoms with Crippen LogP contribution in [0.1, 0.15) is 31.1 Å². The second-order valence-corrected chi connectivity index (χ2v) is 7.25. The Hall–Kier alpha value is -1.27. The Labute approximate surface area is 130 Å². The van der Waals surface area contributed by atoms with E-state index >= 15 is 0 Å². The van der Waals surface area contributed by atoms with E-state index in [9.17, 15) is 13.2 Å². The number of Topliss-reactive ketones (excluding diaryl/α,β-unsaturated/α-hetero) is 1. The number of halogens is 1. The molecule has 0 bridgehead atoms. The fraction of sp³-hybridized carbons (Fsp3) is 0.500. The van der Waals surface area contributed by atoms with Crippen molar-refractivity contribution in [2.45, 2.75) is 26.0 Å². The summed E-state index contributed by atoms with van der Waals surface area (Å²) in [6.45, 7) is 5.75. The van der Waals surface area contributed by atoms with Crippen LogP contribution in [-0.2, 0) is 9.84 Å². The largest absolute Gasteiger partial charge is 0.490 e. The van der Waals surface area contributed by atoms with Crippen LogP contribution in [0.15, 0.2) is 12.1 Å². The third-order valence-electron chi connectivity index (χ3n) is 2.91. The third-order valence-corrected chi connectivity index (χ3v) is 4.72. The molecule has 0 heterocycles. The molecule has 1 atom stereocenters. The summed E-state index contributed by atoms with van der Waals surface area (Å²) in [7, 11) is -3.49. The van der Waals surface area contributed by atoms with E-state index in [4.69, 9.17) is 21.1 Å². The van der Waals surface area contributed by atoms with E-state index in [1.807, 2.05) is 6.92 Å². The standard InChI is InChI=1S/C14H19ClO5S/c1-5-19-12-7-10(11(15)8-13(12)20-6-2)14(16)9(3)21(4,17)18/h7-9H,5-6H2,1-4H3. The number of carbonyl (C=O) groups excluding carboxylic acids is 1. The number of benzene rings is 1. The van der Waals surface area contributed by atoms with Gasteiger partial charge in [0, 0.05) is 17.9 Å².